The molecule has 4 aliphatic heterocycles. The smallest absolute Gasteiger partial charge is 0.410 e. The highest BCUT2D eigenvalue weighted by Gasteiger charge is 2.62. The van der Waals surface area contributed by atoms with Crippen LogP contribution in [0.1, 0.15) is 77.7 Å². The molecule has 4 heterocycles. The first-order valence-electron chi connectivity index (χ1n) is 14.1. The Morgan fingerprint density at radius 2 is 1.58 bits per heavy atom. The molecule has 1 aromatic rings. The van der Waals surface area contributed by atoms with Crippen LogP contribution in [0.15, 0.2) is 18.2 Å². The van der Waals surface area contributed by atoms with Gasteiger partial charge >= 0.3 is 6.09 Å². The summed E-state index contributed by atoms with van der Waals surface area (Å²) in [5, 5.41) is 2.42. The first kappa shape index (κ1) is 25.2. The Kier molecular flexibility index (Phi) is 5.78. The molecular weight excluding hydrogens is 484 g/mol. The molecule has 1 unspecified atom stereocenters. The number of imide groups is 1. The standard InChI is InChI=1S/C29H38N4O5/c1-27(2,3)38-26(37)32-17-13-28(14-18-32)11-15-31(16-12-28)19-5-4-6-20-23(19)29(9-10-29)25(36)33(20)21-7-8-22(34)30-24(21)35/h4-6,21H,7-18H2,1-3H3,(H,30,34,35). The van der Waals surface area contributed by atoms with E-state index in [1.807, 2.05) is 37.8 Å². The van der Waals surface area contributed by atoms with Crippen molar-refractivity contribution in [1.82, 2.24) is 10.2 Å². The Bertz CT molecular complexity index is 1180. The van der Waals surface area contributed by atoms with E-state index >= 15 is 0 Å². The molecule has 1 saturated carbocycles. The lowest BCUT2D eigenvalue weighted by molar-refractivity contribution is -0.135. The molecule has 38 heavy (non-hydrogen) atoms. The third kappa shape index (κ3) is 4.14. The molecule has 3 saturated heterocycles. The number of carbonyl (C=O) groups excluding carboxylic acids is 4. The number of rotatable bonds is 2. The normalized spacial score (nSPS) is 26.0. The molecule has 9 heteroatoms. The van der Waals surface area contributed by atoms with Crippen molar-refractivity contribution >= 4 is 35.2 Å². The Hall–Kier alpha value is -3.10. The van der Waals surface area contributed by atoms with Gasteiger partial charge in [0.2, 0.25) is 17.7 Å². The number of carbonyl (C=O) groups is 4. The third-order valence-electron chi connectivity index (χ3n) is 9.30. The van der Waals surface area contributed by atoms with Crippen LogP contribution in [-0.2, 0) is 24.5 Å². The zero-order valence-corrected chi connectivity index (χ0v) is 22.7. The minimum absolute atomic E-state index is 0.0115. The van der Waals surface area contributed by atoms with E-state index in [0.717, 1.165) is 81.6 Å². The van der Waals surface area contributed by atoms with Crippen LogP contribution in [0.25, 0.3) is 0 Å². The topological polar surface area (TPSA) is 99.3 Å². The number of likely N-dealkylation sites (tertiary alicyclic amines) is 1. The van der Waals surface area contributed by atoms with Crippen molar-refractivity contribution in [1.29, 1.82) is 0 Å². The highest BCUT2D eigenvalue weighted by atomic mass is 16.6. The lowest BCUT2D eigenvalue weighted by atomic mass is 9.71. The van der Waals surface area contributed by atoms with Crippen LogP contribution in [0.4, 0.5) is 16.2 Å². The zero-order valence-electron chi connectivity index (χ0n) is 22.7. The van der Waals surface area contributed by atoms with Crippen LogP contribution in [-0.4, -0.2) is 66.5 Å². The SMILES string of the molecule is CC(C)(C)OC(=O)N1CCC2(CC1)CCN(c1cccc3c1C1(CC1)C(=O)N3C1CCC(=O)NC1=O)CC2. The molecule has 2 spiro atoms. The predicted octanol–water partition coefficient (Wildman–Crippen LogP) is 3.49. The summed E-state index contributed by atoms with van der Waals surface area (Å²) in [5.74, 6) is -0.633. The van der Waals surface area contributed by atoms with Gasteiger partial charge in [-0.1, -0.05) is 6.07 Å². The second kappa shape index (κ2) is 8.71. The first-order chi connectivity index (χ1) is 18.0. The molecule has 1 N–H and O–H groups in total. The molecule has 1 aliphatic carbocycles. The van der Waals surface area contributed by atoms with Gasteiger partial charge in [0, 0.05) is 43.9 Å². The van der Waals surface area contributed by atoms with Crippen molar-refractivity contribution in [3.8, 4) is 0 Å². The van der Waals surface area contributed by atoms with Gasteiger partial charge in [-0.3, -0.25) is 24.6 Å². The Morgan fingerprint density at radius 1 is 0.947 bits per heavy atom. The van der Waals surface area contributed by atoms with Crippen LogP contribution in [0.5, 0.6) is 0 Å². The largest absolute Gasteiger partial charge is 0.444 e. The molecule has 204 valence electrons. The van der Waals surface area contributed by atoms with Gasteiger partial charge < -0.3 is 14.5 Å². The summed E-state index contributed by atoms with van der Waals surface area (Å²) in [4.78, 5) is 56.6. The Morgan fingerprint density at radius 3 is 2.18 bits per heavy atom. The number of piperidine rings is 3. The fourth-order valence-electron chi connectivity index (χ4n) is 6.97. The number of anilines is 2. The van der Waals surface area contributed by atoms with Crippen molar-refractivity contribution in [2.24, 2.45) is 5.41 Å². The summed E-state index contributed by atoms with van der Waals surface area (Å²) in [6.07, 6.45) is 6.08. The number of nitrogens with one attached hydrogen (secondary N) is 1. The van der Waals surface area contributed by atoms with E-state index in [2.05, 4.69) is 16.3 Å². The van der Waals surface area contributed by atoms with Crippen LogP contribution in [0, 0.1) is 5.41 Å². The number of hydrogen-bond donors (Lipinski definition) is 1. The van der Waals surface area contributed by atoms with E-state index in [-0.39, 0.29) is 35.7 Å². The Balaban J connectivity index is 1.17. The Labute approximate surface area is 223 Å². The molecule has 0 radical (unpaired) electrons. The number of benzene rings is 1. The predicted molar refractivity (Wildman–Crippen MR) is 142 cm³/mol. The van der Waals surface area contributed by atoms with E-state index in [0.29, 0.717) is 6.42 Å². The molecule has 1 aromatic carbocycles. The molecule has 1 atom stereocenters. The number of amides is 4. The van der Waals surface area contributed by atoms with Gasteiger partial charge in [0.05, 0.1) is 11.1 Å². The van der Waals surface area contributed by atoms with Gasteiger partial charge in [0.25, 0.3) is 0 Å². The monoisotopic (exact) mass is 522 g/mol. The van der Waals surface area contributed by atoms with Crippen LogP contribution in [0.2, 0.25) is 0 Å². The van der Waals surface area contributed by atoms with Crippen molar-refractivity contribution < 1.29 is 23.9 Å². The lowest BCUT2D eigenvalue weighted by Crippen LogP contribution is -2.54. The van der Waals surface area contributed by atoms with Gasteiger partial charge in [-0.25, -0.2) is 4.79 Å². The van der Waals surface area contributed by atoms with Gasteiger partial charge in [0.15, 0.2) is 0 Å². The summed E-state index contributed by atoms with van der Waals surface area (Å²) in [6, 6.07) is 5.45. The highest BCUT2D eigenvalue weighted by Crippen LogP contribution is 2.61. The molecule has 4 fully saturated rings. The molecule has 0 aromatic heterocycles. The van der Waals surface area contributed by atoms with E-state index in [4.69, 9.17) is 4.74 Å². The molecule has 4 amide bonds. The number of fused-ring (bicyclic) bond motifs is 2. The van der Waals surface area contributed by atoms with Crippen molar-refractivity contribution in [2.75, 3.05) is 36.0 Å². The second-order valence-electron chi connectivity index (χ2n) is 12.8. The molecule has 5 aliphatic rings. The van der Waals surface area contributed by atoms with Crippen LogP contribution in [0.3, 0.4) is 0 Å². The maximum Gasteiger partial charge on any atom is 0.410 e. The summed E-state index contributed by atoms with van der Waals surface area (Å²) in [7, 11) is 0. The summed E-state index contributed by atoms with van der Waals surface area (Å²) >= 11 is 0. The first-order valence-corrected chi connectivity index (χ1v) is 14.1. The van der Waals surface area contributed by atoms with E-state index in [1.54, 1.807) is 4.90 Å². The summed E-state index contributed by atoms with van der Waals surface area (Å²) in [5.41, 5.74) is 2.25. The second-order valence-corrected chi connectivity index (χ2v) is 12.8. The van der Waals surface area contributed by atoms with Gasteiger partial charge in [-0.05, 0) is 83.3 Å². The average molecular weight is 523 g/mol. The van der Waals surface area contributed by atoms with Gasteiger partial charge in [-0.2, -0.15) is 0 Å². The van der Waals surface area contributed by atoms with Gasteiger partial charge in [0.1, 0.15) is 11.6 Å². The minimum atomic E-state index is -0.631. The van der Waals surface area contributed by atoms with E-state index in [9.17, 15) is 19.2 Å². The maximum atomic E-state index is 13.7. The molecular formula is C29H38N4O5. The van der Waals surface area contributed by atoms with Crippen molar-refractivity contribution in [3.63, 3.8) is 0 Å². The zero-order chi connectivity index (χ0) is 26.9. The highest BCUT2D eigenvalue weighted by molar-refractivity contribution is 6.16. The number of nitrogens with zero attached hydrogens (tertiary/aromatic N) is 3. The molecule has 0 bridgehead atoms. The number of hydrogen-bond acceptors (Lipinski definition) is 6. The quantitative estimate of drug-likeness (QED) is 0.597. The molecule has 9 nitrogen and oxygen atoms in total. The lowest BCUT2D eigenvalue weighted by Gasteiger charge is -2.47. The minimum Gasteiger partial charge on any atom is -0.444 e. The number of ether oxygens (including phenoxy) is 1. The van der Waals surface area contributed by atoms with E-state index < -0.39 is 17.1 Å². The van der Waals surface area contributed by atoms with Gasteiger partial charge in [-0.15, -0.1) is 0 Å². The summed E-state index contributed by atoms with van der Waals surface area (Å²) < 4.78 is 5.57. The maximum absolute atomic E-state index is 13.7. The third-order valence-corrected chi connectivity index (χ3v) is 9.30. The fourth-order valence-corrected chi connectivity index (χ4v) is 6.97. The van der Waals surface area contributed by atoms with Crippen molar-refractivity contribution in [2.45, 2.75) is 89.2 Å². The van der Waals surface area contributed by atoms with E-state index in [1.165, 1.54) is 0 Å². The molecule has 6 rings (SSSR count). The van der Waals surface area contributed by atoms with Crippen LogP contribution < -0.4 is 15.1 Å². The average Bonchev–Trinajstić information content (AvgIpc) is 3.63. The fraction of sp³-hybridized carbons (Fsp3) is 0.655. The van der Waals surface area contributed by atoms with Crippen molar-refractivity contribution in [3.05, 3.63) is 23.8 Å². The summed E-state index contributed by atoms with van der Waals surface area (Å²) in [6.45, 7) is 8.97. The van der Waals surface area contributed by atoms with Crippen LogP contribution >= 0.6 is 0 Å².